The van der Waals surface area contributed by atoms with Gasteiger partial charge in [-0.2, -0.15) is 0 Å². The van der Waals surface area contributed by atoms with Gasteiger partial charge in [-0.15, -0.1) is 0 Å². The van der Waals surface area contributed by atoms with Crippen LogP contribution in [0.2, 0.25) is 0 Å². The van der Waals surface area contributed by atoms with E-state index in [2.05, 4.69) is 10.3 Å². The van der Waals surface area contributed by atoms with Crippen molar-refractivity contribution in [3.05, 3.63) is 78.0 Å². The molecule has 1 aliphatic heterocycles. The van der Waals surface area contributed by atoms with Crippen LogP contribution in [0.25, 0.3) is 22.2 Å². The van der Waals surface area contributed by atoms with Gasteiger partial charge in [-0.05, 0) is 49.4 Å². The first-order chi connectivity index (χ1) is 14.7. The van der Waals surface area contributed by atoms with Gasteiger partial charge in [0.1, 0.15) is 19.0 Å². The Kier molecular flexibility index (Phi) is 4.52. The lowest BCUT2D eigenvalue weighted by Gasteiger charge is -2.19. The van der Waals surface area contributed by atoms with Gasteiger partial charge in [0.2, 0.25) is 0 Å². The summed E-state index contributed by atoms with van der Waals surface area (Å²) in [6.07, 6.45) is 0. The molecule has 30 heavy (non-hydrogen) atoms. The van der Waals surface area contributed by atoms with Crippen LogP contribution in [0, 0.1) is 6.92 Å². The Bertz CT molecular complexity index is 1270. The third kappa shape index (κ3) is 3.43. The Morgan fingerprint density at radius 1 is 0.900 bits per heavy atom. The van der Waals surface area contributed by atoms with Gasteiger partial charge in [0.05, 0.1) is 16.8 Å². The van der Waals surface area contributed by atoms with Gasteiger partial charge in [-0.1, -0.05) is 24.3 Å². The molecule has 0 saturated carbocycles. The molecule has 4 aromatic rings. The molecule has 2 aromatic carbocycles. The summed E-state index contributed by atoms with van der Waals surface area (Å²) in [6, 6.07) is 20.6. The summed E-state index contributed by atoms with van der Waals surface area (Å²) < 4.78 is 11.3. The largest absolute Gasteiger partial charge is 0.486 e. The molecule has 0 radical (unpaired) electrons. The molecule has 0 spiro atoms. The van der Waals surface area contributed by atoms with Crippen molar-refractivity contribution in [3.8, 4) is 22.8 Å². The number of ether oxygens (including phenoxy) is 2. The normalized spacial score (nSPS) is 12.6. The molecule has 1 N–H and O–H groups in total. The number of pyridine rings is 2. The van der Waals surface area contributed by atoms with Crippen LogP contribution in [0.5, 0.6) is 11.5 Å². The van der Waals surface area contributed by atoms with Crippen LogP contribution in [0.1, 0.15) is 16.1 Å². The molecule has 0 unspecified atom stereocenters. The van der Waals surface area contributed by atoms with Gasteiger partial charge in [0, 0.05) is 16.6 Å². The molecule has 148 valence electrons. The van der Waals surface area contributed by atoms with Crippen LogP contribution in [-0.4, -0.2) is 29.1 Å². The van der Waals surface area contributed by atoms with Gasteiger partial charge in [0.15, 0.2) is 11.5 Å². The molecule has 0 saturated heterocycles. The SMILES string of the molecule is Cc1cccc(NC(=O)c2cc(-c3ccc4c(c3)OCCO4)nc3ccccc23)n1. The molecule has 0 fully saturated rings. The summed E-state index contributed by atoms with van der Waals surface area (Å²) in [6.45, 7) is 2.94. The highest BCUT2D eigenvalue weighted by molar-refractivity contribution is 6.12. The lowest BCUT2D eigenvalue weighted by atomic mass is 10.0. The second-order valence-corrected chi connectivity index (χ2v) is 7.05. The van der Waals surface area contributed by atoms with E-state index in [0.29, 0.717) is 41.8 Å². The molecule has 0 aliphatic carbocycles. The number of rotatable bonds is 3. The van der Waals surface area contributed by atoms with Crippen molar-refractivity contribution < 1.29 is 14.3 Å². The minimum atomic E-state index is -0.231. The number of amides is 1. The number of aryl methyl sites for hydroxylation is 1. The fourth-order valence-electron chi connectivity index (χ4n) is 3.51. The Balaban J connectivity index is 1.59. The minimum absolute atomic E-state index is 0.231. The third-order valence-corrected chi connectivity index (χ3v) is 4.93. The number of carbonyl (C=O) groups is 1. The predicted octanol–water partition coefficient (Wildman–Crippen LogP) is 4.63. The first kappa shape index (κ1) is 18.1. The fourth-order valence-corrected chi connectivity index (χ4v) is 3.51. The average molecular weight is 397 g/mol. The summed E-state index contributed by atoms with van der Waals surface area (Å²) in [5.74, 6) is 1.69. The number of nitrogens with one attached hydrogen (secondary N) is 1. The average Bonchev–Trinajstić information content (AvgIpc) is 2.78. The number of anilines is 1. The molecule has 0 atom stereocenters. The maximum atomic E-state index is 13.1. The Morgan fingerprint density at radius 2 is 1.73 bits per heavy atom. The van der Waals surface area contributed by atoms with E-state index < -0.39 is 0 Å². The first-order valence-electron chi connectivity index (χ1n) is 9.72. The molecular formula is C24H19N3O3. The zero-order chi connectivity index (χ0) is 20.5. The van der Waals surface area contributed by atoms with E-state index >= 15 is 0 Å². The van der Waals surface area contributed by atoms with Crippen LogP contribution in [0.3, 0.4) is 0 Å². The number of hydrogen-bond acceptors (Lipinski definition) is 5. The van der Waals surface area contributed by atoms with Crippen LogP contribution in [0.15, 0.2) is 66.7 Å². The molecular weight excluding hydrogens is 378 g/mol. The Morgan fingerprint density at radius 3 is 2.60 bits per heavy atom. The third-order valence-electron chi connectivity index (χ3n) is 4.93. The van der Waals surface area contributed by atoms with Crippen molar-refractivity contribution in [2.75, 3.05) is 18.5 Å². The minimum Gasteiger partial charge on any atom is -0.486 e. The van der Waals surface area contributed by atoms with E-state index in [1.54, 1.807) is 12.1 Å². The summed E-state index contributed by atoms with van der Waals surface area (Å²) >= 11 is 0. The highest BCUT2D eigenvalue weighted by atomic mass is 16.6. The number of carbonyl (C=O) groups excluding carboxylic acids is 1. The molecule has 1 aliphatic rings. The van der Waals surface area contributed by atoms with Crippen molar-refractivity contribution in [3.63, 3.8) is 0 Å². The van der Waals surface area contributed by atoms with Gasteiger partial charge in [0.25, 0.3) is 5.91 Å². The standard InChI is InChI=1S/C24H19N3O3/c1-15-5-4-8-23(25-15)27-24(28)18-14-20(26-19-7-3-2-6-17(18)19)16-9-10-21-22(13-16)30-12-11-29-21/h2-10,13-14H,11-12H2,1H3,(H,25,27,28). The lowest BCUT2D eigenvalue weighted by molar-refractivity contribution is 0.102. The molecule has 1 amide bonds. The highest BCUT2D eigenvalue weighted by Gasteiger charge is 2.17. The van der Waals surface area contributed by atoms with Gasteiger partial charge >= 0.3 is 0 Å². The predicted molar refractivity (Wildman–Crippen MR) is 115 cm³/mol. The molecule has 5 rings (SSSR count). The van der Waals surface area contributed by atoms with Crippen LogP contribution in [0.4, 0.5) is 5.82 Å². The van der Waals surface area contributed by atoms with Gasteiger partial charge in [-0.25, -0.2) is 9.97 Å². The number of fused-ring (bicyclic) bond motifs is 2. The smallest absolute Gasteiger partial charge is 0.257 e. The van der Waals surface area contributed by atoms with Crippen molar-refractivity contribution >= 4 is 22.6 Å². The second-order valence-electron chi connectivity index (χ2n) is 7.05. The van der Waals surface area contributed by atoms with E-state index in [0.717, 1.165) is 22.2 Å². The molecule has 3 heterocycles. The topological polar surface area (TPSA) is 73.3 Å². The number of para-hydroxylation sites is 1. The maximum absolute atomic E-state index is 13.1. The molecule has 0 bridgehead atoms. The quantitative estimate of drug-likeness (QED) is 0.546. The summed E-state index contributed by atoms with van der Waals surface area (Å²) in [5, 5.41) is 3.68. The van der Waals surface area contributed by atoms with Crippen molar-refractivity contribution in [2.45, 2.75) is 6.92 Å². The zero-order valence-electron chi connectivity index (χ0n) is 16.4. The number of nitrogens with zero attached hydrogens (tertiary/aromatic N) is 2. The highest BCUT2D eigenvalue weighted by Crippen LogP contribution is 2.35. The van der Waals surface area contributed by atoms with Crippen molar-refractivity contribution in [1.82, 2.24) is 9.97 Å². The van der Waals surface area contributed by atoms with E-state index in [-0.39, 0.29) is 5.91 Å². The number of aromatic nitrogens is 2. The van der Waals surface area contributed by atoms with Crippen LogP contribution >= 0.6 is 0 Å². The van der Waals surface area contributed by atoms with Crippen molar-refractivity contribution in [1.29, 1.82) is 0 Å². The van der Waals surface area contributed by atoms with Crippen LogP contribution < -0.4 is 14.8 Å². The maximum Gasteiger partial charge on any atom is 0.257 e. The monoisotopic (exact) mass is 397 g/mol. The van der Waals surface area contributed by atoms with Crippen molar-refractivity contribution in [2.24, 2.45) is 0 Å². The Labute approximate surface area is 173 Å². The Hall–Kier alpha value is -3.93. The first-order valence-corrected chi connectivity index (χ1v) is 9.72. The second kappa shape index (κ2) is 7.48. The van der Waals surface area contributed by atoms with Gasteiger partial charge in [-0.3, -0.25) is 4.79 Å². The van der Waals surface area contributed by atoms with Crippen LogP contribution in [-0.2, 0) is 0 Å². The van der Waals surface area contributed by atoms with E-state index in [1.165, 1.54) is 0 Å². The number of hydrogen-bond donors (Lipinski definition) is 1. The molecule has 6 heteroatoms. The fraction of sp³-hybridized carbons (Fsp3) is 0.125. The molecule has 6 nitrogen and oxygen atoms in total. The van der Waals surface area contributed by atoms with E-state index in [9.17, 15) is 4.79 Å². The van der Waals surface area contributed by atoms with E-state index in [1.807, 2.05) is 61.5 Å². The summed E-state index contributed by atoms with van der Waals surface area (Å²) in [7, 11) is 0. The van der Waals surface area contributed by atoms with E-state index in [4.69, 9.17) is 14.5 Å². The summed E-state index contributed by atoms with van der Waals surface area (Å²) in [4.78, 5) is 22.3. The lowest BCUT2D eigenvalue weighted by Crippen LogP contribution is -2.15. The van der Waals surface area contributed by atoms with Gasteiger partial charge < -0.3 is 14.8 Å². The zero-order valence-corrected chi connectivity index (χ0v) is 16.4. The molecule has 2 aromatic heterocycles. The number of benzene rings is 2. The summed E-state index contributed by atoms with van der Waals surface area (Å²) in [5.41, 5.74) is 3.66.